The van der Waals surface area contributed by atoms with E-state index in [1.807, 2.05) is 6.07 Å². The minimum absolute atomic E-state index is 0.0811. The summed E-state index contributed by atoms with van der Waals surface area (Å²) in [5.74, 6) is 0.658. The summed E-state index contributed by atoms with van der Waals surface area (Å²) in [6.45, 7) is 6.37. The summed E-state index contributed by atoms with van der Waals surface area (Å²) in [4.78, 5) is 16.6. The summed E-state index contributed by atoms with van der Waals surface area (Å²) < 4.78 is 6.48. The van der Waals surface area contributed by atoms with Crippen LogP contribution in [0.15, 0.2) is 53.3 Å². The highest BCUT2D eigenvalue weighted by molar-refractivity contribution is 5.28. The quantitative estimate of drug-likeness (QED) is 0.672. The summed E-state index contributed by atoms with van der Waals surface area (Å²) in [5.41, 5.74) is 4.70. The topological polar surface area (TPSA) is 74.0 Å². The Kier molecular flexibility index (Phi) is 5.92. The molecule has 0 bridgehead atoms. The van der Waals surface area contributed by atoms with Crippen LogP contribution in [-0.2, 0) is 17.9 Å². The van der Waals surface area contributed by atoms with Crippen molar-refractivity contribution in [2.45, 2.75) is 52.0 Å². The molecule has 0 unspecified atom stereocenters. The fraction of sp³-hybridized carbons (Fsp3) is 0.391. The Morgan fingerprint density at radius 3 is 2.59 bits per heavy atom. The highest BCUT2D eigenvalue weighted by atomic mass is 16.5. The third kappa shape index (κ3) is 4.83. The normalized spacial score (nSPS) is 20.1. The number of benzene rings is 2. The van der Waals surface area contributed by atoms with Gasteiger partial charge in [-0.15, -0.1) is 0 Å². The number of ether oxygens (including phenoxy) is 1. The number of aryl methyl sites for hydroxylation is 2. The predicted molar refractivity (Wildman–Crippen MR) is 113 cm³/mol. The Bertz CT molecular complexity index is 975. The van der Waals surface area contributed by atoms with E-state index in [0.29, 0.717) is 19.0 Å². The van der Waals surface area contributed by atoms with Crippen molar-refractivity contribution in [3.8, 4) is 0 Å². The van der Waals surface area contributed by atoms with Crippen molar-refractivity contribution < 1.29 is 4.74 Å². The molecule has 0 saturated carbocycles. The number of likely N-dealkylation sites (tertiary alicyclic amines) is 1. The van der Waals surface area contributed by atoms with Crippen LogP contribution < -0.4 is 5.69 Å². The largest absolute Gasteiger partial charge is 0.372 e. The Hall–Kier alpha value is -2.70. The molecule has 1 aromatic heterocycles. The molecular weight excluding hydrogens is 364 g/mol. The van der Waals surface area contributed by atoms with Gasteiger partial charge in [-0.3, -0.25) is 9.88 Å². The molecule has 2 atom stereocenters. The maximum atomic E-state index is 11.4. The Labute approximate surface area is 170 Å². The molecule has 2 aromatic carbocycles. The molecule has 2 N–H and O–H groups in total. The number of nitrogens with zero attached hydrogens (tertiary/aromatic N) is 2. The number of aromatic amines is 2. The van der Waals surface area contributed by atoms with Crippen LogP contribution in [0.3, 0.4) is 0 Å². The Morgan fingerprint density at radius 2 is 1.90 bits per heavy atom. The summed E-state index contributed by atoms with van der Waals surface area (Å²) in [7, 11) is 0. The molecule has 29 heavy (non-hydrogen) atoms. The summed E-state index contributed by atoms with van der Waals surface area (Å²) in [5, 5.41) is 6.56. The first-order chi connectivity index (χ1) is 14.1. The highest BCUT2D eigenvalue weighted by Gasteiger charge is 2.33. The fourth-order valence-corrected chi connectivity index (χ4v) is 4.38. The minimum Gasteiger partial charge on any atom is -0.372 e. The lowest BCUT2D eigenvalue weighted by Gasteiger charge is -2.41. The molecule has 0 spiro atoms. The van der Waals surface area contributed by atoms with Gasteiger partial charge in [0.15, 0.2) is 0 Å². The van der Waals surface area contributed by atoms with Crippen molar-refractivity contribution in [2.75, 3.05) is 6.54 Å². The number of piperidine rings is 1. The number of rotatable bonds is 6. The van der Waals surface area contributed by atoms with Crippen molar-refractivity contribution in [1.82, 2.24) is 20.1 Å². The maximum absolute atomic E-state index is 11.4. The molecule has 1 saturated heterocycles. The lowest BCUT2D eigenvalue weighted by atomic mass is 9.92. The van der Waals surface area contributed by atoms with Crippen molar-refractivity contribution in [1.29, 1.82) is 0 Å². The smallest absolute Gasteiger partial charge is 0.340 e. The molecule has 152 valence electrons. The molecule has 1 aliphatic heterocycles. The van der Waals surface area contributed by atoms with E-state index in [1.165, 1.54) is 22.3 Å². The standard InChI is InChI=1S/C23H28N4O2/c1-16-11-17(2)13-18(12-16)15-29-20-9-6-10-27(14-21-24-23(28)26-25-21)22(20)19-7-4-3-5-8-19/h3-5,7-8,11-13,20,22H,6,9-10,14-15H2,1-2H3,(H2,24,25,26,28)/t20-,22-/m1/s1. The first-order valence-electron chi connectivity index (χ1n) is 10.2. The Balaban J connectivity index is 1.56. The summed E-state index contributed by atoms with van der Waals surface area (Å²) in [6, 6.07) is 17.2. The van der Waals surface area contributed by atoms with Gasteiger partial charge >= 0.3 is 5.69 Å². The molecule has 1 aliphatic rings. The highest BCUT2D eigenvalue weighted by Crippen LogP contribution is 2.34. The zero-order valence-corrected chi connectivity index (χ0v) is 17.0. The number of nitrogens with one attached hydrogen (secondary N) is 2. The van der Waals surface area contributed by atoms with Crippen molar-refractivity contribution >= 4 is 0 Å². The van der Waals surface area contributed by atoms with Gasteiger partial charge in [0.1, 0.15) is 5.82 Å². The second-order valence-corrected chi connectivity index (χ2v) is 7.94. The number of H-pyrrole nitrogens is 2. The molecular formula is C23H28N4O2. The molecule has 0 radical (unpaired) electrons. The zero-order chi connectivity index (χ0) is 20.2. The van der Waals surface area contributed by atoms with Crippen LogP contribution in [0, 0.1) is 13.8 Å². The van der Waals surface area contributed by atoms with Gasteiger partial charge in [-0.2, -0.15) is 5.10 Å². The van der Waals surface area contributed by atoms with Gasteiger partial charge in [-0.05, 0) is 44.4 Å². The molecule has 6 nitrogen and oxygen atoms in total. The predicted octanol–water partition coefficient (Wildman–Crippen LogP) is 3.64. The molecule has 4 rings (SSSR count). The van der Waals surface area contributed by atoms with Crippen LogP contribution in [0.5, 0.6) is 0 Å². The van der Waals surface area contributed by atoms with Gasteiger partial charge in [0.25, 0.3) is 0 Å². The lowest BCUT2D eigenvalue weighted by molar-refractivity contribution is -0.0560. The average molecular weight is 393 g/mol. The minimum atomic E-state index is -0.268. The van der Waals surface area contributed by atoms with Crippen molar-refractivity contribution in [3.05, 3.63) is 87.1 Å². The van der Waals surface area contributed by atoms with E-state index in [0.717, 1.165) is 19.4 Å². The van der Waals surface area contributed by atoms with E-state index < -0.39 is 0 Å². The van der Waals surface area contributed by atoms with Gasteiger partial charge < -0.3 is 4.74 Å². The SMILES string of the molecule is Cc1cc(C)cc(CO[C@@H]2CCCN(Cc3n[nH]c(=O)[nH]3)[C@@H]2c2ccccc2)c1. The van der Waals surface area contributed by atoms with Gasteiger partial charge in [-0.1, -0.05) is 59.7 Å². The molecule has 1 fully saturated rings. The van der Waals surface area contributed by atoms with E-state index in [1.54, 1.807) is 0 Å². The van der Waals surface area contributed by atoms with Gasteiger partial charge in [0.2, 0.25) is 0 Å². The summed E-state index contributed by atoms with van der Waals surface area (Å²) in [6.07, 6.45) is 2.14. The average Bonchev–Trinajstić information content (AvgIpc) is 3.11. The van der Waals surface area contributed by atoms with Crippen molar-refractivity contribution in [2.24, 2.45) is 0 Å². The van der Waals surface area contributed by atoms with E-state index >= 15 is 0 Å². The molecule has 2 heterocycles. The fourth-order valence-electron chi connectivity index (χ4n) is 4.38. The first-order valence-corrected chi connectivity index (χ1v) is 10.2. The van der Waals surface area contributed by atoms with E-state index in [2.05, 4.69) is 76.4 Å². The second kappa shape index (κ2) is 8.76. The second-order valence-electron chi connectivity index (χ2n) is 7.94. The van der Waals surface area contributed by atoms with Gasteiger partial charge in [0.05, 0.1) is 25.3 Å². The van der Waals surface area contributed by atoms with Crippen LogP contribution in [-0.4, -0.2) is 32.7 Å². The third-order valence-corrected chi connectivity index (χ3v) is 5.47. The molecule has 0 aliphatic carbocycles. The van der Waals surface area contributed by atoms with Crippen LogP contribution in [0.4, 0.5) is 0 Å². The van der Waals surface area contributed by atoms with Crippen LogP contribution in [0.2, 0.25) is 0 Å². The zero-order valence-electron chi connectivity index (χ0n) is 17.0. The van der Waals surface area contributed by atoms with E-state index in [-0.39, 0.29) is 17.8 Å². The number of aromatic nitrogens is 3. The number of hydrogen-bond donors (Lipinski definition) is 2. The van der Waals surface area contributed by atoms with E-state index in [9.17, 15) is 4.79 Å². The third-order valence-electron chi connectivity index (χ3n) is 5.47. The van der Waals surface area contributed by atoms with Gasteiger partial charge in [-0.25, -0.2) is 9.89 Å². The van der Waals surface area contributed by atoms with Crippen LogP contribution in [0.25, 0.3) is 0 Å². The van der Waals surface area contributed by atoms with Gasteiger partial charge in [0, 0.05) is 0 Å². The molecule has 6 heteroatoms. The molecule has 0 amide bonds. The van der Waals surface area contributed by atoms with Crippen molar-refractivity contribution in [3.63, 3.8) is 0 Å². The van der Waals surface area contributed by atoms with Crippen LogP contribution in [0.1, 0.15) is 47.0 Å². The monoisotopic (exact) mass is 392 g/mol. The number of hydrogen-bond acceptors (Lipinski definition) is 4. The maximum Gasteiger partial charge on any atom is 0.340 e. The van der Waals surface area contributed by atoms with E-state index in [4.69, 9.17) is 4.74 Å². The summed E-state index contributed by atoms with van der Waals surface area (Å²) >= 11 is 0. The first kappa shape index (κ1) is 19.6. The Morgan fingerprint density at radius 1 is 1.14 bits per heavy atom. The lowest BCUT2D eigenvalue weighted by Crippen LogP contribution is -2.42. The van der Waals surface area contributed by atoms with Crippen LogP contribution >= 0.6 is 0 Å². The molecule has 3 aromatic rings.